The van der Waals surface area contributed by atoms with Gasteiger partial charge in [0.15, 0.2) is 0 Å². The van der Waals surface area contributed by atoms with Gasteiger partial charge in [0.05, 0.1) is 17.9 Å². The van der Waals surface area contributed by atoms with E-state index in [9.17, 15) is 9.59 Å². The molecule has 3 rings (SSSR count). The number of hydrogen-bond acceptors (Lipinski definition) is 8. The van der Waals surface area contributed by atoms with E-state index < -0.39 is 5.97 Å². The average Bonchev–Trinajstić information content (AvgIpc) is 3.24. The van der Waals surface area contributed by atoms with Gasteiger partial charge in [-0.1, -0.05) is 18.7 Å². The van der Waals surface area contributed by atoms with Crippen molar-refractivity contribution in [2.24, 2.45) is 0 Å². The van der Waals surface area contributed by atoms with Crippen LogP contribution in [0.5, 0.6) is 0 Å². The quantitative estimate of drug-likeness (QED) is 0.343. The van der Waals surface area contributed by atoms with Crippen LogP contribution in [0, 0.1) is 6.92 Å². The van der Waals surface area contributed by atoms with Crippen molar-refractivity contribution >= 4 is 61.5 Å². The van der Waals surface area contributed by atoms with Crippen LogP contribution in [0.15, 0.2) is 22.8 Å². The normalized spacial score (nSPS) is 10.9. The van der Waals surface area contributed by atoms with Crippen LogP contribution >= 0.6 is 34.4 Å². The molecule has 9 heteroatoms. The lowest BCUT2D eigenvalue weighted by Crippen LogP contribution is -2.16. The van der Waals surface area contributed by atoms with E-state index in [2.05, 4.69) is 15.3 Å². The minimum absolute atomic E-state index is 0.184. The first-order valence-corrected chi connectivity index (χ1v) is 11.1. The summed E-state index contributed by atoms with van der Waals surface area (Å²) in [5.41, 5.74) is 1.33. The molecule has 0 aliphatic heterocycles. The molecule has 3 heterocycles. The van der Waals surface area contributed by atoms with Crippen LogP contribution in [0.3, 0.4) is 0 Å². The zero-order valence-corrected chi connectivity index (χ0v) is 17.6. The molecule has 0 fully saturated rings. The van der Waals surface area contributed by atoms with Gasteiger partial charge in [0.2, 0.25) is 5.91 Å². The third-order valence-electron chi connectivity index (χ3n) is 3.86. The lowest BCUT2D eigenvalue weighted by Gasteiger charge is -2.07. The Hall–Kier alpha value is -1.97. The van der Waals surface area contributed by atoms with Crippen molar-refractivity contribution in [2.45, 2.75) is 32.2 Å². The molecule has 0 spiro atoms. The van der Waals surface area contributed by atoms with Crippen LogP contribution in [0.4, 0.5) is 5.00 Å². The lowest BCUT2D eigenvalue weighted by molar-refractivity contribution is -0.113. The zero-order valence-electron chi connectivity index (χ0n) is 15.2. The number of anilines is 1. The molecule has 6 nitrogen and oxygen atoms in total. The SMILES string of the molecule is CCOC(=O)c1c(NC(=O)CSc2ncnc3sccc23)sc(CC)c1C. The van der Waals surface area contributed by atoms with Crippen LogP contribution in [0.1, 0.15) is 34.6 Å². The van der Waals surface area contributed by atoms with Gasteiger partial charge < -0.3 is 10.1 Å². The van der Waals surface area contributed by atoms with E-state index in [0.29, 0.717) is 17.2 Å². The van der Waals surface area contributed by atoms with Gasteiger partial charge in [-0.3, -0.25) is 4.79 Å². The van der Waals surface area contributed by atoms with Crippen molar-refractivity contribution in [1.82, 2.24) is 9.97 Å². The number of esters is 1. The van der Waals surface area contributed by atoms with Gasteiger partial charge in [-0.2, -0.15) is 0 Å². The number of rotatable bonds is 7. The molecule has 3 aromatic rings. The Balaban J connectivity index is 1.74. The van der Waals surface area contributed by atoms with Gasteiger partial charge in [-0.25, -0.2) is 14.8 Å². The molecule has 0 unspecified atom stereocenters. The minimum atomic E-state index is -0.398. The van der Waals surface area contributed by atoms with Gasteiger partial charge in [0.1, 0.15) is 21.2 Å². The number of carbonyl (C=O) groups is 2. The van der Waals surface area contributed by atoms with Crippen molar-refractivity contribution in [3.05, 3.63) is 33.8 Å². The number of amides is 1. The van der Waals surface area contributed by atoms with Crippen molar-refractivity contribution < 1.29 is 14.3 Å². The molecule has 0 atom stereocenters. The molecule has 0 saturated carbocycles. The molecular weight excluding hydrogens is 402 g/mol. The summed E-state index contributed by atoms with van der Waals surface area (Å²) in [5.74, 6) is -0.385. The number of thioether (sulfide) groups is 1. The van der Waals surface area contributed by atoms with Crippen LogP contribution in [-0.2, 0) is 16.0 Å². The van der Waals surface area contributed by atoms with Crippen LogP contribution < -0.4 is 5.32 Å². The number of thiophene rings is 2. The largest absolute Gasteiger partial charge is 0.462 e. The highest BCUT2D eigenvalue weighted by molar-refractivity contribution is 8.00. The summed E-state index contributed by atoms with van der Waals surface area (Å²) < 4.78 is 5.15. The van der Waals surface area contributed by atoms with Crippen LogP contribution in [0.2, 0.25) is 0 Å². The van der Waals surface area contributed by atoms with Gasteiger partial charge >= 0.3 is 5.97 Å². The second-order valence-corrected chi connectivity index (χ2v) is 8.55. The Morgan fingerprint density at radius 1 is 1.30 bits per heavy atom. The maximum atomic E-state index is 12.5. The Morgan fingerprint density at radius 3 is 2.85 bits per heavy atom. The van der Waals surface area contributed by atoms with Gasteiger partial charge in [-0.15, -0.1) is 22.7 Å². The number of nitrogens with one attached hydrogen (secondary N) is 1. The molecule has 3 aromatic heterocycles. The van der Waals surface area contributed by atoms with E-state index in [4.69, 9.17) is 4.74 Å². The van der Waals surface area contributed by atoms with Crippen LogP contribution in [0.25, 0.3) is 10.2 Å². The van der Waals surface area contributed by atoms with Gasteiger partial charge in [-0.05, 0) is 37.3 Å². The van der Waals surface area contributed by atoms with E-state index in [1.807, 2.05) is 25.3 Å². The number of fused-ring (bicyclic) bond motifs is 1. The third kappa shape index (κ3) is 4.31. The lowest BCUT2D eigenvalue weighted by atomic mass is 10.1. The topological polar surface area (TPSA) is 81.2 Å². The first-order valence-electron chi connectivity index (χ1n) is 8.45. The summed E-state index contributed by atoms with van der Waals surface area (Å²) in [6, 6.07) is 1.95. The van der Waals surface area contributed by atoms with Crippen molar-refractivity contribution in [1.29, 1.82) is 0 Å². The second kappa shape index (κ2) is 8.81. The predicted octanol–water partition coefficient (Wildman–Crippen LogP) is 4.53. The molecular formula is C18H19N3O3S3. The number of hydrogen-bond donors (Lipinski definition) is 1. The predicted molar refractivity (Wildman–Crippen MR) is 111 cm³/mol. The van der Waals surface area contributed by atoms with Crippen molar-refractivity contribution in [3.8, 4) is 0 Å². The highest BCUT2D eigenvalue weighted by Crippen LogP contribution is 2.34. The van der Waals surface area contributed by atoms with Crippen molar-refractivity contribution in [3.63, 3.8) is 0 Å². The molecule has 0 aromatic carbocycles. The molecule has 1 N–H and O–H groups in total. The first kappa shape index (κ1) is 19.8. The number of aryl methyl sites for hydroxylation is 1. The molecule has 0 saturated heterocycles. The smallest absolute Gasteiger partial charge is 0.341 e. The van der Waals surface area contributed by atoms with E-state index in [1.165, 1.54) is 29.4 Å². The molecule has 0 radical (unpaired) electrons. The fourth-order valence-electron chi connectivity index (χ4n) is 2.61. The highest BCUT2D eigenvalue weighted by atomic mass is 32.2. The molecule has 142 valence electrons. The summed E-state index contributed by atoms with van der Waals surface area (Å²) in [4.78, 5) is 35.2. The van der Waals surface area contributed by atoms with E-state index in [-0.39, 0.29) is 11.7 Å². The van der Waals surface area contributed by atoms with Crippen LogP contribution in [-0.4, -0.2) is 34.2 Å². The molecule has 0 bridgehead atoms. The number of carbonyl (C=O) groups excluding carboxylic acids is 2. The van der Waals surface area contributed by atoms with Gasteiger partial charge in [0.25, 0.3) is 0 Å². The highest BCUT2D eigenvalue weighted by Gasteiger charge is 2.23. The number of ether oxygens (including phenoxy) is 1. The molecule has 1 amide bonds. The summed E-state index contributed by atoms with van der Waals surface area (Å²) in [6.45, 7) is 5.97. The zero-order chi connectivity index (χ0) is 19.4. The van der Waals surface area contributed by atoms with E-state index >= 15 is 0 Å². The summed E-state index contributed by atoms with van der Waals surface area (Å²) in [6.07, 6.45) is 2.30. The minimum Gasteiger partial charge on any atom is -0.462 e. The third-order valence-corrected chi connectivity index (χ3v) is 7.04. The maximum Gasteiger partial charge on any atom is 0.341 e. The standard InChI is InChI=1S/C18H19N3O3S3/c1-4-12-10(3)14(18(23)24-5-2)17(27-12)21-13(22)8-26-16-11-6-7-25-15(11)19-9-20-16/h6-7,9H,4-5,8H2,1-3H3,(H,21,22). The molecule has 0 aliphatic rings. The monoisotopic (exact) mass is 421 g/mol. The Morgan fingerprint density at radius 2 is 2.11 bits per heavy atom. The molecule has 27 heavy (non-hydrogen) atoms. The number of aromatic nitrogens is 2. The fraction of sp³-hybridized carbons (Fsp3) is 0.333. The Kier molecular flexibility index (Phi) is 6.46. The summed E-state index contributed by atoms with van der Waals surface area (Å²) >= 11 is 4.32. The summed E-state index contributed by atoms with van der Waals surface area (Å²) in [5, 5.41) is 7.11. The second-order valence-electron chi connectivity index (χ2n) is 5.58. The van der Waals surface area contributed by atoms with E-state index in [0.717, 1.165) is 32.1 Å². The average molecular weight is 422 g/mol. The van der Waals surface area contributed by atoms with Gasteiger partial charge in [0, 0.05) is 10.3 Å². The maximum absolute atomic E-state index is 12.5. The Bertz CT molecular complexity index is 981. The molecule has 0 aliphatic carbocycles. The van der Waals surface area contributed by atoms with Crippen molar-refractivity contribution in [2.75, 3.05) is 17.7 Å². The van der Waals surface area contributed by atoms with E-state index in [1.54, 1.807) is 18.3 Å². The fourth-order valence-corrected chi connectivity index (χ4v) is 5.34. The number of nitrogens with zero attached hydrogens (tertiary/aromatic N) is 2. The first-order chi connectivity index (χ1) is 13.0. The Labute approximate surface area is 169 Å². The summed E-state index contributed by atoms with van der Waals surface area (Å²) in [7, 11) is 0.